The molecule has 16 heavy (non-hydrogen) atoms. The Kier molecular flexibility index (Phi) is 3.91. The highest BCUT2D eigenvalue weighted by Crippen LogP contribution is 2.42. The van der Waals surface area contributed by atoms with Crippen LogP contribution in [0.4, 0.5) is 0 Å². The van der Waals surface area contributed by atoms with E-state index >= 15 is 0 Å². The molecule has 2 saturated carbocycles. The van der Waals surface area contributed by atoms with Crippen LogP contribution >= 0.6 is 0 Å². The van der Waals surface area contributed by atoms with Gasteiger partial charge in [-0.05, 0) is 38.0 Å². The second kappa shape index (κ2) is 5.05. The predicted molar refractivity (Wildman–Crippen MR) is 67.3 cm³/mol. The van der Waals surface area contributed by atoms with Crippen LogP contribution < -0.4 is 5.73 Å². The summed E-state index contributed by atoms with van der Waals surface area (Å²) in [5.41, 5.74) is 6.46. The molecule has 2 fully saturated rings. The Morgan fingerprint density at radius 1 is 1.38 bits per heavy atom. The summed E-state index contributed by atoms with van der Waals surface area (Å²) in [6.07, 6.45) is 8.97. The van der Waals surface area contributed by atoms with Gasteiger partial charge in [0.1, 0.15) is 0 Å². The van der Waals surface area contributed by atoms with Crippen LogP contribution in [-0.4, -0.2) is 18.2 Å². The van der Waals surface area contributed by atoms with E-state index in [1.165, 1.54) is 44.9 Å². The van der Waals surface area contributed by atoms with Crippen molar-refractivity contribution < 1.29 is 4.74 Å². The van der Waals surface area contributed by atoms with Gasteiger partial charge in [0, 0.05) is 12.6 Å². The van der Waals surface area contributed by atoms with Crippen LogP contribution in [-0.2, 0) is 4.74 Å². The average molecular weight is 225 g/mol. The summed E-state index contributed by atoms with van der Waals surface area (Å²) in [6.45, 7) is 5.26. The molecule has 0 heterocycles. The molecule has 0 aromatic heterocycles. The van der Waals surface area contributed by atoms with E-state index in [2.05, 4.69) is 13.8 Å². The van der Waals surface area contributed by atoms with E-state index < -0.39 is 0 Å². The van der Waals surface area contributed by atoms with Crippen molar-refractivity contribution >= 4 is 0 Å². The largest absolute Gasteiger partial charge is 0.374 e. The summed E-state index contributed by atoms with van der Waals surface area (Å²) in [5.74, 6) is 1.69. The SMILES string of the molecule is CCOC1(C(N)CC2CC2)CCCC(C)C1. The fourth-order valence-corrected chi connectivity index (χ4v) is 3.33. The van der Waals surface area contributed by atoms with Gasteiger partial charge in [0.05, 0.1) is 5.60 Å². The molecule has 0 spiro atoms. The third kappa shape index (κ3) is 2.78. The smallest absolute Gasteiger partial charge is 0.0835 e. The molecule has 0 bridgehead atoms. The fourth-order valence-electron chi connectivity index (χ4n) is 3.33. The van der Waals surface area contributed by atoms with Gasteiger partial charge in [-0.2, -0.15) is 0 Å². The van der Waals surface area contributed by atoms with Crippen molar-refractivity contribution in [2.24, 2.45) is 17.6 Å². The van der Waals surface area contributed by atoms with Gasteiger partial charge in [0.25, 0.3) is 0 Å². The summed E-state index contributed by atoms with van der Waals surface area (Å²) in [6, 6.07) is 0.266. The van der Waals surface area contributed by atoms with E-state index in [9.17, 15) is 0 Å². The first-order chi connectivity index (χ1) is 7.66. The van der Waals surface area contributed by atoms with Crippen molar-refractivity contribution in [2.75, 3.05) is 6.61 Å². The quantitative estimate of drug-likeness (QED) is 0.780. The van der Waals surface area contributed by atoms with Gasteiger partial charge in [0.15, 0.2) is 0 Å². The third-order valence-electron chi connectivity index (χ3n) is 4.38. The normalized spacial score (nSPS) is 37.3. The third-order valence-corrected chi connectivity index (χ3v) is 4.38. The molecule has 0 aliphatic heterocycles. The van der Waals surface area contributed by atoms with E-state index in [0.717, 1.165) is 18.4 Å². The van der Waals surface area contributed by atoms with Crippen molar-refractivity contribution in [3.05, 3.63) is 0 Å². The summed E-state index contributed by atoms with van der Waals surface area (Å²) in [5, 5.41) is 0. The fraction of sp³-hybridized carbons (Fsp3) is 1.00. The first kappa shape index (κ1) is 12.4. The lowest BCUT2D eigenvalue weighted by molar-refractivity contribution is -0.0949. The van der Waals surface area contributed by atoms with E-state index in [-0.39, 0.29) is 11.6 Å². The van der Waals surface area contributed by atoms with Crippen molar-refractivity contribution in [1.29, 1.82) is 0 Å². The van der Waals surface area contributed by atoms with Crippen molar-refractivity contribution in [3.8, 4) is 0 Å². The Morgan fingerprint density at radius 2 is 2.12 bits per heavy atom. The van der Waals surface area contributed by atoms with E-state index in [0.29, 0.717) is 0 Å². The van der Waals surface area contributed by atoms with Gasteiger partial charge in [-0.15, -0.1) is 0 Å². The number of hydrogen-bond donors (Lipinski definition) is 1. The second-order valence-corrected chi connectivity index (χ2v) is 5.98. The van der Waals surface area contributed by atoms with Crippen molar-refractivity contribution in [1.82, 2.24) is 0 Å². The minimum atomic E-state index is 0.00894. The molecule has 0 amide bonds. The van der Waals surface area contributed by atoms with Gasteiger partial charge in [-0.1, -0.05) is 32.6 Å². The van der Waals surface area contributed by atoms with E-state index in [1.807, 2.05) is 0 Å². The topological polar surface area (TPSA) is 35.2 Å². The van der Waals surface area contributed by atoms with Gasteiger partial charge < -0.3 is 10.5 Å². The lowest BCUT2D eigenvalue weighted by Gasteiger charge is -2.44. The lowest BCUT2D eigenvalue weighted by Crippen LogP contribution is -2.53. The summed E-state index contributed by atoms with van der Waals surface area (Å²) in [4.78, 5) is 0. The predicted octanol–water partition coefficient (Wildman–Crippen LogP) is 3.10. The molecule has 2 rings (SSSR count). The molecule has 0 saturated heterocycles. The highest BCUT2D eigenvalue weighted by atomic mass is 16.5. The van der Waals surface area contributed by atoms with Crippen LogP contribution in [0.2, 0.25) is 0 Å². The van der Waals surface area contributed by atoms with Crippen molar-refractivity contribution in [2.45, 2.75) is 70.4 Å². The van der Waals surface area contributed by atoms with Crippen LogP contribution in [0.15, 0.2) is 0 Å². The molecule has 2 heteroatoms. The first-order valence-corrected chi connectivity index (χ1v) is 7.06. The summed E-state index contributed by atoms with van der Waals surface area (Å²) in [7, 11) is 0. The Hall–Kier alpha value is -0.0800. The number of hydrogen-bond acceptors (Lipinski definition) is 2. The number of ether oxygens (including phenoxy) is 1. The molecular formula is C14H27NO. The second-order valence-electron chi connectivity index (χ2n) is 5.98. The molecule has 2 nitrogen and oxygen atoms in total. The molecule has 94 valence electrons. The zero-order valence-corrected chi connectivity index (χ0v) is 10.9. The highest BCUT2D eigenvalue weighted by Gasteiger charge is 2.42. The maximum atomic E-state index is 6.45. The molecule has 3 unspecified atom stereocenters. The molecule has 2 N–H and O–H groups in total. The maximum Gasteiger partial charge on any atom is 0.0835 e. The average Bonchev–Trinajstić information content (AvgIpc) is 3.02. The summed E-state index contributed by atoms with van der Waals surface area (Å²) < 4.78 is 6.11. The van der Waals surface area contributed by atoms with Gasteiger partial charge >= 0.3 is 0 Å². The molecule has 2 aliphatic carbocycles. The van der Waals surface area contributed by atoms with Crippen LogP contribution in [0.3, 0.4) is 0 Å². The molecule has 0 aromatic rings. The highest BCUT2D eigenvalue weighted by molar-refractivity contribution is 4.97. The molecule has 0 aromatic carbocycles. The number of rotatable bonds is 5. The van der Waals surface area contributed by atoms with Crippen molar-refractivity contribution in [3.63, 3.8) is 0 Å². The van der Waals surface area contributed by atoms with Crippen LogP contribution in [0.5, 0.6) is 0 Å². The lowest BCUT2D eigenvalue weighted by atomic mass is 9.73. The zero-order chi connectivity index (χ0) is 11.6. The van der Waals surface area contributed by atoms with Crippen LogP contribution in [0.25, 0.3) is 0 Å². The Bertz CT molecular complexity index is 223. The monoisotopic (exact) mass is 225 g/mol. The molecular weight excluding hydrogens is 198 g/mol. The molecule has 3 atom stereocenters. The minimum absolute atomic E-state index is 0.00894. The Morgan fingerprint density at radius 3 is 2.69 bits per heavy atom. The van der Waals surface area contributed by atoms with E-state index in [4.69, 9.17) is 10.5 Å². The molecule has 2 aliphatic rings. The van der Waals surface area contributed by atoms with Crippen LogP contribution in [0.1, 0.15) is 58.8 Å². The Labute approximate surface area is 99.9 Å². The van der Waals surface area contributed by atoms with Crippen LogP contribution in [0, 0.1) is 11.8 Å². The Balaban J connectivity index is 1.99. The maximum absolute atomic E-state index is 6.45. The summed E-state index contributed by atoms with van der Waals surface area (Å²) >= 11 is 0. The first-order valence-electron chi connectivity index (χ1n) is 7.06. The van der Waals surface area contributed by atoms with Gasteiger partial charge in [-0.3, -0.25) is 0 Å². The van der Waals surface area contributed by atoms with Gasteiger partial charge in [0.2, 0.25) is 0 Å². The standard InChI is InChI=1S/C14H27NO/c1-3-16-14(8-4-5-11(2)10-14)13(15)9-12-6-7-12/h11-13H,3-10,15H2,1-2H3. The van der Waals surface area contributed by atoms with E-state index in [1.54, 1.807) is 0 Å². The zero-order valence-electron chi connectivity index (χ0n) is 10.9. The minimum Gasteiger partial charge on any atom is -0.374 e. The molecule has 0 radical (unpaired) electrons. The van der Waals surface area contributed by atoms with Gasteiger partial charge in [-0.25, -0.2) is 0 Å². The number of nitrogens with two attached hydrogens (primary N) is 1.